The molecule has 2 aliphatic rings. The maximum absolute atomic E-state index is 5.12. The van der Waals surface area contributed by atoms with Gasteiger partial charge >= 0.3 is 0 Å². The standard InChI is InChI=1S/C24H26N6S/c1-3-9-16(10-4-1)15-25-22-18-12-6-5-11-17(18)19-20-21(31-24(19)26-22)23(28-29-27-20)30-13-7-2-8-14-30/h1,3-4,9-10H,2,5-8,11-15H2,(H,25,26). The van der Waals surface area contributed by atoms with Gasteiger partial charge in [0.1, 0.15) is 20.9 Å². The van der Waals surface area contributed by atoms with Crippen LogP contribution in [-0.4, -0.2) is 33.5 Å². The third-order valence-electron chi connectivity index (χ3n) is 6.58. The van der Waals surface area contributed by atoms with Gasteiger partial charge in [-0.15, -0.1) is 21.5 Å². The molecule has 1 aliphatic carbocycles. The Morgan fingerprint density at radius 1 is 0.903 bits per heavy atom. The Kier molecular flexibility index (Phi) is 4.91. The Balaban J connectivity index is 1.48. The molecule has 0 amide bonds. The number of aryl methyl sites for hydroxylation is 1. The minimum Gasteiger partial charge on any atom is -0.366 e. The largest absolute Gasteiger partial charge is 0.366 e. The number of thiophene rings is 1. The molecule has 1 saturated heterocycles. The van der Waals surface area contributed by atoms with E-state index >= 15 is 0 Å². The Hall–Kier alpha value is -2.80. The summed E-state index contributed by atoms with van der Waals surface area (Å²) < 4.78 is 1.15. The quantitative estimate of drug-likeness (QED) is 0.485. The van der Waals surface area contributed by atoms with E-state index in [1.165, 1.54) is 54.2 Å². The minimum absolute atomic E-state index is 0.789. The van der Waals surface area contributed by atoms with Crippen molar-refractivity contribution in [1.82, 2.24) is 20.4 Å². The van der Waals surface area contributed by atoms with E-state index in [9.17, 15) is 0 Å². The highest BCUT2D eigenvalue weighted by Crippen LogP contribution is 2.42. The number of fused-ring (bicyclic) bond motifs is 5. The summed E-state index contributed by atoms with van der Waals surface area (Å²) in [6, 6.07) is 10.5. The van der Waals surface area contributed by atoms with Gasteiger partial charge in [0.15, 0.2) is 5.82 Å². The van der Waals surface area contributed by atoms with Gasteiger partial charge in [-0.1, -0.05) is 30.3 Å². The van der Waals surface area contributed by atoms with Crippen LogP contribution in [0, 0.1) is 0 Å². The van der Waals surface area contributed by atoms with Gasteiger partial charge in [-0.25, -0.2) is 4.98 Å². The molecule has 0 atom stereocenters. The van der Waals surface area contributed by atoms with E-state index < -0.39 is 0 Å². The fourth-order valence-corrected chi connectivity index (χ4v) is 6.17. The van der Waals surface area contributed by atoms with Gasteiger partial charge in [-0.3, -0.25) is 0 Å². The van der Waals surface area contributed by atoms with Gasteiger partial charge < -0.3 is 10.2 Å². The van der Waals surface area contributed by atoms with Crippen LogP contribution in [0.2, 0.25) is 0 Å². The first-order valence-electron chi connectivity index (χ1n) is 11.4. The molecule has 0 unspecified atom stereocenters. The van der Waals surface area contributed by atoms with Crippen LogP contribution in [0.5, 0.6) is 0 Å². The summed E-state index contributed by atoms with van der Waals surface area (Å²) in [5.74, 6) is 2.04. The lowest BCUT2D eigenvalue weighted by atomic mass is 9.90. The van der Waals surface area contributed by atoms with Crippen LogP contribution in [0.15, 0.2) is 30.3 Å². The van der Waals surface area contributed by atoms with Gasteiger partial charge in [0.2, 0.25) is 0 Å². The van der Waals surface area contributed by atoms with Crippen molar-refractivity contribution in [2.45, 2.75) is 51.5 Å². The second-order valence-corrected chi connectivity index (χ2v) is 9.58. The molecular weight excluding hydrogens is 404 g/mol. The van der Waals surface area contributed by atoms with Crippen LogP contribution < -0.4 is 10.2 Å². The fraction of sp³-hybridized carbons (Fsp3) is 0.417. The van der Waals surface area contributed by atoms with Crippen LogP contribution in [-0.2, 0) is 19.4 Å². The predicted octanol–water partition coefficient (Wildman–Crippen LogP) is 5.12. The van der Waals surface area contributed by atoms with Crippen LogP contribution in [0.4, 0.5) is 11.6 Å². The molecule has 7 heteroatoms. The van der Waals surface area contributed by atoms with E-state index in [0.717, 1.165) is 59.2 Å². The SMILES string of the molecule is c1ccc(CNc2nc3sc4c(N5CCCCC5)nnnc4c3c3c2CCCC3)cc1. The van der Waals surface area contributed by atoms with E-state index in [1.807, 2.05) is 0 Å². The number of anilines is 2. The number of hydrogen-bond acceptors (Lipinski definition) is 7. The van der Waals surface area contributed by atoms with Crippen molar-refractivity contribution >= 4 is 43.4 Å². The van der Waals surface area contributed by atoms with Crippen LogP contribution in [0.25, 0.3) is 20.4 Å². The first-order chi connectivity index (χ1) is 15.4. The summed E-state index contributed by atoms with van der Waals surface area (Å²) in [5, 5.41) is 18.0. The van der Waals surface area contributed by atoms with Gasteiger partial charge in [0.25, 0.3) is 0 Å². The molecule has 1 aliphatic heterocycles. The molecule has 0 bridgehead atoms. The lowest BCUT2D eigenvalue weighted by Gasteiger charge is -2.27. The second kappa shape index (κ2) is 8.04. The number of benzene rings is 1. The average Bonchev–Trinajstić information content (AvgIpc) is 3.22. The molecule has 1 N–H and O–H groups in total. The summed E-state index contributed by atoms with van der Waals surface area (Å²) in [6.07, 6.45) is 8.34. The molecule has 1 aromatic carbocycles. The van der Waals surface area contributed by atoms with Crippen LogP contribution in [0.1, 0.15) is 48.8 Å². The zero-order chi connectivity index (χ0) is 20.6. The number of rotatable bonds is 4. The molecule has 0 saturated carbocycles. The van der Waals surface area contributed by atoms with Crippen molar-refractivity contribution in [3.63, 3.8) is 0 Å². The van der Waals surface area contributed by atoms with E-state index in [2.05, 4.69) is 56.0 Å². The number of hydrogen-bond donors (Lipinski definition) is 1. The first-order valence-corrected chi connectivity index (χ1v) is 12.2. The van der Waals surface area contributed by atoms with Crippen molar-refractivity contribution in [3.8, 4) is 0 Å². The third kappa shape index (κ3) is 3.41. The molecule has 158 valence electrons. The van der Waals surface area contributed by atoms with E-state index in [0.29, 0.717) is 0 Å². The molecule has 0 spiro atoms. The summed E-state index contributed by atoms with van der Waals surface area (Å²) in [7, 11) is 0. The molecule has 6 nitrogen and oxygen atoms in total. The van der Waals surface area contributed by atoms with E-state index in [4.69, 9.17) is 4.98 Å². The minimum atomic E-state index is 0.789. The van der Waals surface area contributed by atoms with Gasteiger partial charge in [-0.2, -0.15) is 0 Å². The summed E-state index contributed by atoms with van der Waals surface area (Å²) in [4.78, 5) is 8.57. The van der Waals surface area contributed by atoms with Crippen molar-refractivity contribution in [3.05, 3.63) is 47.0 Å². The number of nitrogens with one attached hydrogen (secondary N) is 1. The highest BCUT2D eigenvalue weighted by Gasteiger charge is 2.25. The summed E-state index contributed by atoms with van der Waals surface area (Å²) in [6.45, 7) is 2.89. The molecule has 0 radical (unpaired) electrons. The molecule has 6 rings (SSSR count). The molecule has 4 aromatic rings. The Bertz CT molecular complexity index is 1230. The van der Waals surface area contributed by atoms with Crippen molar-refractivity contribution in [1.29, 1.82) is 0 Å². The predicted molar refractivity (Wildman–Crippen MR) is 127 cm³/mol. The van der Waals surface area contributed by atoms with Gasteiger partial charge in [0.05, 0.1) is 0 Å². The summed E-state index contributed by atoms with van der Waals surface area (Å²) >= 11 is 1.73. The van der Waals surface area contributed by atoms with Crippen molar-refractivity contribution < 1.29 is 0 Å². The molecular formula is C24H26N6S. The number of nitrogens with zero attached hydrogens (tertiary/aromatic N) is 5. The normalized spacial score (nSPS) is 16.6. The number of pyridine rings is 1. The molecule has 1 fully saturated rings. The maximum atomic E-state index is 5.12. The smallest absolute Gasteiger partial charge is 0.172 e. The Morgan fingerprint density at radius 2 is 1.71 bits per heavy atom. The summed E-state index contributed by atoms with van der Waals surface area (Å²) in [5.41, 5.74) is 5.05. The zero-order valence-corrected chi connectivity index (χ0v) is 18.4. The van der Waals surface area contributed by atoms with Gasteiger partial charge in [0, 0.05) is 25.0 Å². The highest BCUT2D eigenvalue weighted by molar-refractivity contribution is 7.26. The van der Waals surface area contributed by atoms with Crippen molar-refractivity contribution in [2.75, 3.05) is 23.3 Å². The molecule has 4 heterocycles. The lowest BCUT2D eigenvalue weighted by molar-refractivity contribution is 0.571. The third-order valence-corrected chi connectivity index (χ3v) is 7.65. The van der Waals surface area contributed by atoms with E-state index in [-0.39, 0.29) is 0 Å². The average molecular weight is 431 g/mol. The van der Waals surface area contributed by atoms with Crippen LogP contribution >= 0.6 is 11.3 Å². The van der Waals surface area contributed by atoms with Crippen molar-refractivity contribution in [2.24, 2.45) is 0 Å². The second-order valence-electron chi connectivity index (χ2n) is 8.58. The van der Waals surface area contributed by atoms with E-state index in [1.54, 1.807) is 11.3 Å². The highest BCUT2D eigenvalue weighted by atomic mass is 32.1. The first kappa shape index (κ1) is 18.9. The monoisotopic (exact) mass is 430 g/mol. The molecule has 31 heavy (non-hydrogen) atoms. The molecule has 3 aromatic heterocycles. The zero-order valence-electron chi connectivity index (χ0n) is 17.6. The van der Waals surface area contributed by atoms with Gasteiger partial charge in [-0.05, 0) is 66.8 Å². The Morgan fingerprint density at radius 3 is 2.55 bits per heavy atom. The number of piperidine rings is 1. The fourth-order valence-electron chi connectivity index (χ4n) is 5.02. The maximum Gasteiger partial charge on any atom is 0.172 e. The Labute approximate surface area is 185 Å². The topological polar surface area (TPSA) is 66.8 Å². The number of aromatic nitrogens is 4. The van der Waals surface area contributed by atoms with Crippen LogP contribution in [0.3, 0.4) is 0 Å². The lowest BCUT2D eigenvalue weighted by Crippen LogP contribution is -2.30.